The van der Waals surface area contributed by atoms with Crippen LogP contribution in [0.25, 0.3) is 0 Å². The average molecular weight is 259 g/mol. The number of carbonyl (C=O) groups is 2. The van der Waals surface area contributed by atoms with Crippen LogP contribution in [0.2, 0.25) is 0 Å². The number of carbonyl (C=O) groups excluding carboxylic acids is 2. The van der Waals surface area contributed by atoms with Crippen LogP contribution in [-0.4, -0.2) is 11.8 Å². The molecule has 19 heavy (non-hydrogen) atoms. The Hall–Kier alpha value is -2.04. The Labute approximate surface area is 111 Å². The Bertz CT molecular complexity index is 511. The van der Waals surface area contributed by atoms with Gasteiger partial charge in [-0.05, 0) is 31.0 Å². The summed E-state index contributed by atoms with van der Waals surface area (Å²) in [6.07, 6.45) is 3.66. The molecule has 2 amide bonds. The third-order valence-electron chi connectivity index (χ3n) is 4.06. The van der Waals surface area contributed by atoms with Gasteiger partial charge in [0, 0.05) is 11.4 Å². The summed E-state index contributed by atoms with van der Waals surface area (Å²) >= 11 is 0. The van der Waals surface area contributed by atoms with Gasteiger partial charge >= 0.3 is 0 Å². The fourth-order valence-corrected chi connectivity index (χ4v) is 3.20. The molecular weight excluding hydrogens is 242 g/mol. The highest BCUT2D eigenvalue weighted by Crippen LogP contribution is 2.40. The zero-order valence-corrected chi connectivity index (χ0v) is 10.6. The molecule has 2 fully saturated rings. The van der Waals surface area contributed by atoms with Crippen molar-refractivity contribution in [3.05, 3.63) is 18.2 Å². The molecule has 5 heteroatoms. The van der Waals surface area contributed by atoms with Gasteiger partial charge in [-0.15, -0.1) is 0 Å². The normalized spacial score (nSPS) is 26.6. The van der Waals surface area contributed by atoms with Crippen LogP contribution >= 0.6 is 0 Å². The Morgan fingerprint density at radius 3 is 1.84 bits per heavy atom. The van der Waals surface area contributed by atoms with E-state index in [-0.39, 0.29) is 23.7 Å². The van der Waals surface area contributed by atoms with Crippen molar-refractivity contribution in [2.24, 2.45) is 11.8 Å². The van der Waals surface area contributed by atoms with Gasteiger partial charge in [0.1, 0.15) is 0 Å². The molecule has 0 aromatic heterocycles. The van der Waals surface area contributed by atoms with Crippen LogP contribution in [0.5, 0.6) is 0 Å². The maximum absolute atomic E-state index is 12.4. The molecule has 2 unspecified atom stereocenters. The van der Waals surface area contributed by atoms with Crippen LogP contribution in [0.15, 0.2) is 18.2 Å². The second-order valence-electron chi connectivity index (χ2n) is 5.37. The average Bonchev–Trinajstić information content (AvgIpc) is 2.61. The number of nitrogens with zero attached hydrogens (tertiary/aromatic N) is 1. The molecule has 1 heterocycles. The Kier molecular flexibility index (Phi) is 2.69. The molecular formula is C14H17N3O2. The largest absolute Gasteiger partial charge is 0.399 e. The molecule has 0 spiro atoms. The molecule has 1 aromatic rings. The van der Waals surface area contributed by atoms with E-state index in [9.17, 15) is 9.59 Å². The third-order valence-corrected chi connectivity index (χ3v) is 4.06. The minimum atomic E-state index is -0.149. The Morgan fingerprint density at radius 1 is 0.895 bits per heavy atom. The van der Waals surface area contributed by atoms with Crippen molar-refractivity contribution in [3.63, 3.8) is 0 Å². The van der Waals surface area contributed by atoms with Gasteiger partial charge in [-0.25, -0.2) is 4.90 Å². The third kappa shape index (κ3) is 1.85. The second-order valence-corrected chi connectivity index (χ2v) is 5.37. The van der Waals surface area contributed by atoms with Gasteiger partial charge in [0.25, 0.3) is 0 Å². The van der Waals surface area contributed by atoms with E-state index in [1.54, 1.807) is 18.2 Å². The lowest BCUT2D eigenvalue weighted by molar-refractivity contribution is -0.122. The van der Waals surface area contributed by atoms with Crippen molar-refractivity contribution < 1.29 is 9.59 Å². The Morgan fingerprint density at radius 2 is 1.37 bits per heavy atom. The first-order valence-electron chi connectivity index (χ1n) is 6.62. The van der Waals surface area contributed by atoms with E-state index in [0.717, 1.165) is 25.7 Å². The quantitative estimate of drug-likeness (QED) is 0.591. The highest BCUT2D eigenvalue weighted by molar-refractivity contribution is 6.22. The maximum Gasteiger partial charge on any atom is 0.237 e. The highest BCUT2D eigenvalue weighted by Gasteiger charge is 2.48. The standard InChI is InChI=1S/C14H17N3O2/c15-8-5-9(16)7-10(6-8)17-13(18)11-3-1-2-4-12(11)14(17)19/h5-7,11-12H,1-4,15-16H2. The summed E-state index contributed by atoms with van der Waals surface area (Å²) in [5, 5.41) is 0. The number of anilines is 3. The summed E-state index contributed by atoms with van der Waals surface area (Å²) in [6.45, 7) is 0. The molecule has 1 aliphatic carbocycles. The minimum absolute atomic E-state index is 0.0975. The molecule has 0 radical (unpaired) electrons. The van der Waals surface area contributed by atoms with E-state index in [2.05, 4.69) is 0 Å². The summed E-state index contributed by atoms with van der Waals surface area (Å²) in [5.41, 5.74) is 12.9. The smallest absolute Gasteiger partial charge is 0.237 e. The van der Waals surface area contributed by atoms with E-state index in [4.69, 9.17) is 11.5 Å². The number of benzene rings is 1. The molecule has 1 saturated heterocycles. The summed E-state index contributed by atoms with van der Waals surface area (Å²) in [4.78, 5) is 26.1. The number of hydrogen-bond acceptors (Lipinski definition) is 4. The molecule has 1 aromatic carbocycles. The molecule has 2 aliphatic rings. The summed E-state index contributed by atoms with van der Waals surface area (Å²) in [6, 6.07) is 4.87. The van der Waals surface area contributed by atoms with Crippen LogP contribution in [-0.2, 0) is 9.59 Å². The number of hydrogen-bond donors (Lipinski definition) is 2. The van der Waals surface area contributed by atoms with Gasteiger partial charge in [0.05, 0.1) is 17.5 Å². The zero-order chi connectivity index (χ0) is 13.6. The predicted molar refractivity (Wildman–Crippen MR) is 73.2 cm³/mol. The second kappa shape index (κ2) is 4.26. The topological polar surface area (TPSA) is 89.4 Å². The SMILES string of the molecule is Nc1cc(N)cc(N2C(=O)C3CCCCC3C2=O)c1. The van der Waals surface area contributed by atoms with Crippen molar-refractivity contribution in [2.75, 3.05) is 16.4 Å². The molecule has 2 atom stereocenters. The molecule has 5 nitrogen and oxygen atoms in total. The summed E-state index contributed by atoms with van der Waals surface area (Å²) < 4.78 is 0. The van der Waals surface area contributed by atoms with Crippen molar-refractivity contribution in [1.82, 2.24) is 0 Å². The lowest BCUT2D eigenvalue weighted by Crippen LogP contribution is -2.31. The predicted octanol–water partition coefficient (Wildman–Crippen LogP) is 1.53. The van der Waals surface area contributed by atoms with Crippen LogP contribution in [0, 0.1) is 11.8 Å². The van der Waals surface area contributed by atoms with Crippen molar-refractivity contribution in [3.8, 4) is 0 Å². The molecule has 1 aliphatic heterocycles. The minimum Gasteiger partial charge on any atom is -0.399 e. The van der Waals surface area contributed by atoms with Gasteiger partial charge < -0.3 is 11.5 Å². The van der Waals surface area contributed by atoms with E-state index in [1.807, 2.05) is 0 Å². The first-order chi connectivity index (χ1) is 9.08. The molecule has 3 rings (SSSR count). The van der Waals surface area contributed by atoms with Gasteiger partial charge in [-0.1, -0.05) is 12.8 Å². The fourth-order valence-electron chi connectivity index (χ4n) is 3.20. The van der Waals surface area contributed by atoms with E-state index >= 15 is 0 Å². The van der Waals surface area contributed by atoms with Gasteiger partial charge in [0.2, 0.25) is 11.8 Å². The van der Waals surface area contributed by atoms with E-state index < -0.39 is 0 Å². The monoisotopic (exact) mass is 259 g/mol. The van der Waals surface area contributed by atoms with E-state index in [1.165, 1.54) is 4.90 Å². The first-order valence-corrected chi connectivity index (χ1v) is 6.62. The lowest BCUT2D eigenvalue weighted by Gasteiger charge is -2.19. The zero-order valence-electron chi connectivity index (χ0n) is 10.6. The molecule has 100 valence electrons. The number of fused-ring (bicyclic) bond motifs is 1. The van der Waals surface area contributed by atoms with Crippen LogP contribution in [0.3, 0.4) is 0 Å². The fraction of sp³-hybridized carbons (Fsp3) is 0.429. The van der Waals surface area contributed by atoms with Crippen molar-refractivity contribution >= 4 is 28.9 Å². The van der Waals surface area contributed by atoms with Gasteiger partial charge in [-0.3, -0.25) is 9.59 Å². The molecule has 0 bridgehead atoms. The number of rotatable bonds is 1. The van der Waals surface area contributed by atoms with Crippen molar-refractivity contribution in [1.29, 1.82) is 0 Å². The number of nitrogen functional groups attached to an aromatic ring is 2. The van der Waals surface area contributed by atoms with Gasteiger partial charge in [-0.2, -0.15) is 0 Å². The molecule has 1 saturated carbocycles. The Balaban J connectivity index is 2.00. The van der Waals surface area contributed by atoms with Crippen LogP contribution in [0.4, 0.5) is 17.1 Å². The summed E-state index contributed by atoms with van der Waals surface area (Å²) in [5.74, 6) is -0.493. The van der Waals surface area contributed by atoms with Crippen LogP contribution in [0.1, 0.15) is 25.7 Å². The molecule has 4 N–H and O–H groups in total. The summed E-state index contributed by atoms with van der Waals surface area (Å²) in [7, 11) is 0. The number of nitrogens with two attached hydrogens (primary N) is 2. The number of imide groups is 1. The number of amides is 2. The van der Waals surface area contributed by atoms with Crippen LogP contribution < -0.4 is 16.4 Å². The van der Waals surface area contributed by atoms with E-state index in [0.29, 0.717) is 17.1 Å². The lowest BCUT2D eigenvalue weighted by atomic mass is 9.81. The first kappa shape index (κ1) is 12.0. The van der Waals surface area contributed by atoms with Crippen molar-refractivity contribution in [2.45, 2.75) is 25.7 Å². The highest BCUT2D eigenvalue weighted by atomic mass is 16.2. The van der Waals surface area contributed by atoms with Gasteiger partial charge in [0.15, 0.2) is 0 Å². The maximum atomic E-state index is 12.4.